The van der Waals surface area contributed by atoms with E-state index in [0.717, 1.165) is 18.6 Å². The summed E-state index contributed by atoms with van der Waals surface area (Å²) in [7, 11) is -1.15. The SMILES string of the molecule is C[Si](C)(C)CCOCn1cnc(C(F)(F)F)c1. The van der Waals surface area contributed by atoms with E-state index in [9.17, 15) is 13.2 Å². The third-order valence-corrected chi connectivity index (χ3v) is 3.86. The summed E-state index contributed by atoms with van der Waals surface area (Å²) in [5.41, 5.74) is -0.883. The summed E-state index contributed by atoms with van der Waals surface area (Å²) in [4.78, 5) is 3.28. The summed E-state index contributed by atoms with van der Waals surface area (Å²) >= 11 is 0. The van der Waals surface area contributed by atoms with Crippen LogP contribution >= 0.6 is 0 Å². The van der Waals surface area contributed by atoms with E-state index in [4.69, 9.17) is 4.74 Å². The summed E-state index contributed by atoms with van der Waals surface area (Å²) in [6, 6.07) is 0.994. The van der Waals surface area contributed by atoms with Crippen LogP contribution in [0.3, 0.4) is 0 Å². The summed E-state index contributed by atoms with van der Waals surface area (Å²) in [5, 5.41) is 0. The predicted octanol–water partition coefficient (Wildman–Crippen LogP) is 3.21. The Bertz CT molecular complexity index is 357. The van der Waals surface area contributed by atoms with Crippen molar-refractivity contribution in [2.75, 3.05) is 6.61 Å². The van der Waals surface area contributed by atoms with E-state index in [0.29, 0.717) is 6.61 Å². The van der Waals surface area contributed by atoms with Gasteiger partial charge in [-0.25, -0.2) is 4.98 Å². The van der Waals surface area contributed by atoms with Crippen LogP contribution in [0, 0.1) is 0 Å². The number of alkyl halides is 3. The molecule has 0 aliphatic carbocycles. The molecule has 0 aliphatic rings. The van der Waals surface area contributed by atoms with Gasteiger partial charge in [0.05, 0.1) is 6.33 Å². The highest BCUT2D eigenvalue weighted by atomic mass is 28.3. The van der Waals surface area contributed by atoms with Crippen LogP contribution in [0.5, 0.6) is 0 Å². The van der Waals surface area contributed by atoms with E-state index >= 15 is 0 Å². The first-order chi connectivity index (χ1) is 7.68. The van der Waals surface area contributed by atoms with Crippen LogP contribution in [0.15, 0.2) is 12.5 Å². The molecule has 1 rings (SSSR count). The van der Waals surface area contributed by atoms with E-state index in [1.54, 1.807) is 0 Å². The molecule has 1 aromatic heterocycles. The van der Waals surface area contributed by atoms with Gasteiger partial charge in [0.15, 0.2) is 5.69 Å². The molecule has 0 saturated heterocycles. The summed E-state index contributed by atoms with van der Waals surface area (Å²) in [6.45, 7) is 7.35. The Morgan fingerprint density at radius 3 is 2.47 bits per heavy atom. The molecule has 0 aromatic carbocycles. The first-order valence-corrected chi connectivity index (χ1v) is 9.06. The van der Waals surface area contributed by atoms with Crippen molar-refractivity contribution in [3.05, 3.63) is 18.2 Å². The van der Waals surface area contributed by atoms with E-state index in [2.05, 4.69) is 24.6 Å². The number of ether oxygens (including phenoxy) is 1. The first-order valence-electron chi connectivity index (χ1n) is 5.35. The highest BCUT2D eigenvalue weighted by Crippen LogP contribution is 2.27. The monoisotopic (exact) mass is 266 g/mol. The zero-order valence-electron chi connectivity index (χ0n) is 10.2. The van der Waals surface area contributed by atoms with Crippen molar-refractivity contribution in [1.82, 2.24) is 9.55 Å². The summed E-state index contributed by atoms with van der Waals surface area (Å²) in [5.74, 6) is 0. The van der Waals surface area contributed by atoms with Gasteiger partial charge in [-0.15, -0.1) is 0 Å². The number of imidazole rings is 1. The van der Waals surface area contributed by atoms with E-state index in [1.165, 1.54) is 4.57 Å². The average Bonchev–Trinajstić information content (AvgIpc) is 2.58. The molecule has 0 saturated carbocycles. The normalized spacial score (nSPS) is 13.1. The fraction of sp³-hybridized carbons (Fsp3) is 0.700. The van der Waals surface area contributed by atoms with E-state index in [1.807, 2.05) is 0 Å². The van der Waals surface area contributed by atoms with Crippen LogP contribution in [-0.2, 0) is 17.6 Å². The fourth-order valence-electron chi connectivity index (χ4n) is 1.13. The maximum Gasteiger partial charge on any atom is 0.434 e. The van der Waals surface area contributed by atoms with Crippen molar-refractivity contribution in [2.24, 2.45) is 0 Å². The van der Waals surface area contributed by atoms with Gasteiger partial charge in [-0.1, -0.05) is 19.6 Å². The number of nitrogens with zero attached hydrogens (tertiary/aromatic N) is 2. The van der Waals surface area contributed by atoms with Crippen molar-refractivity contribution < 1.29 is 17.9 Å². The molecule has 17 heavy (non-hydrogen) atoms. The van der Waals surface area contributed by atoms with Gasteiger partial charge in [0.25, 0.3) is 0 Å². The third-order valence-electron chi connectivity index (χ3n) is 2.16. The zero-order valence-corrected chi connectivity index (χ0v) is 11.2. The minimum absolute atomic E-state index is 0.119. The second-order valence-corrected chi connectivity index (χ2v) is 10.7. The Morgan fingerprint density at radius 2 is 2.00 bits per heavy atom. The van der Waals surface area contributed by atoms with Gasteiger partial charge in [0.2, 0.25) is 0 Å². The second-order valence-electron chi connectivity index (χ2n) is 5.12. The molecule has 0 amide bonds. The maximum atomic E-state index is 12.2. The van der Waals surface area contributed by atoms with Gasteiger partial charge in [-0.2, -0.15) is 13.2 Å². The second kappa shape index (κ2) is 5.22. The Hall–Kier alpha value is -0.823. The quantitative estimate of drug-likeness (QED) is 0.604. The number of rotatable bonds is 5. The fourth-order valence-corrected chi connectivity index (χ4v) is 1.88. The van der Waals surface area contributed by atoms with Gasteiger partial charge >= 0.3 is 6.18 Å². The van der Waals surface area contributed by atoms with Crippen molar-refractivity contribution >= 4 is 8.07 Å². The van der Waals surface area contributed by atoms with Crippen LogP contribution in [0.2, 0.25) is 25.7 Å². The van der Waals surface area contributed by atoms with Crippen molar-refractivity contribution in [3.8, 4) is 0 Å². The van der Waals surface area contributed by atoms with Crippen LogP contribution in [0.1, 0.15) is 5.69 Å². The minimum atomic E-state index is -4.39. The standard InChI is InChI=1S/C10H17F3N2OSi/c1-17(2,3)5-4-16-8-15-6-9(14-7-15)10(11,12)13/h6-7H,4-5,8H2,1-3H3. The van der Waals surface area contributed by atoms with Crippen molar-refractivity contribution in [1.29, 1.82) is 0 Å². The molecule has 0 spiro atoms. The van der Waals surface area contributed by atoms with Gasteiger partial charge in [0.1, 0.15) is 6.73 Å². The molecule has 0 radical (unpaired) electrons. The summed E-state index contributed by atoms with van der Waals surface area (Å²) < 4.78 is 43.3. The molecular formula is C10H17F3N2OSi. The first kappa shape index (κ1) is 14.2. The lowest BCUT2D eigenvalue weighted by Crippen LogP contribution is -2.21. The van der Waals surface area contributed by atoms with Gasteiger partial charge in [0, 0.05) is 20.9 Å². The van der Waals surface area contributed by atoms with Crippen LogP contribution in [0.25, 0.3) is 0 Å². The number of hydrogen-bond donors (Lipinski definition) is 0. The molecule has 0 N–H and O–H groups in total. The van der Waals surface area contributed by atoms with E-state index in [-0.39, 0.29) is 6.73 Å². The molecule has 98 valence electrons. The number of aromatic nitrogens is 2. The Labute approximate surface area is 99.6 Å². The Morgan fingerprint density at radius 1 is 1.35 bits per heavy atom. The topological polar surface area (TPSA) is 27.1 Å². The van der Waals surface area contributed by atoms with Crippen molar-refractivity contribution in [3.63, 3.8) is 0 Å². The van der Waals surface area contributed by atoms with Crippen LogP contribution in [0.4, 0.5) is 13.2 Å². The minimum Gasteiger partial charge on any atom is -0.361 e. The highest BCUT2D eigenvalue weighted by Gasteiger charge is 2.33. The highest BCUT2D eigenvalue weighted by molar-refractivity contribution is 6.76. The zero-order chi connectivity index (χ0) is 13.1. The largest absolute Gasteiger partial charge is 0.434 e. The summed E-state index contributed by atoms with van der Waals surface area (Å²) in [6.07, 6.45) is -2.30. The molecule has 0 fully saturated rings. The van der Waals surface area contributed by atoms with E-state index < -0.39 is 19.9 Å². The lowest BCUT2D eigenvalue weighted by molar-refractivity contribution is -0.141. The smallest absolute Gasteiger partial charge is 0.361 e. The predicted molar refractivity (Wildman–Crippen MR) is 61.3 cm³/mol. The third kappa shape index (κ3) is 5.36. The molecule has 0 bridgehead atoms. The molecular weight excluding hydrogens is 249 g/mol. The molecule has 1 heterocycles. The number of halogens is 3. The van der Waals surface area contributed by atoms with Gasteiger partial charge < -0.3 is 9.30 Å². The van der Waals surface area contributed by atoms with Crippen molar-refractivity contribution in [2.45, 2.75) is 38.6 Å². The molecule has 3 nitrogen and oxygen atoms in total. The average molecular weight is 266 g/mol. The van der Waals surface area contributed by atoms with Gasteiger partial charge in [-0.3, -0.25) is 0 Å². The maximum absolute atomic E-state index is 12.2. The number of hydrogen-bond acceptors (Lipinski definition) is 2. The van der Waals surface area contributed by atoms with Crippen LogP contribution in [-0.4, -0.2) is 24.2 Å². The Balaban J connectivity index is 2.36. The lowest BCUT2D eigenvalue weighted by atomic mass is 10.5. The molecule has 0 unspecified atom stereocenters. The Kier molecular flexibility index (Phi) is 4.37. The lowest BCUT2D eigenvalue weighted by Gasteiger charge is -2.15. The molecule has 0 atom stereocenters. The molecule has 0 aliphatic heterocycles. The van der Waals surface area contributed by atoms with Gasteiger partial charge in [-0.05, 0) is 6.04 Å². The molecule has 1 aromatic rings. The van der Waals surface area contributed by atoms with Crippen LogP contribution < -0.4 is 0 Å². The molecule has 7 heteroatoms.